The quantitative estimate of drug-likeness (QED) is 0.848. The van der Waals surface area contributed by atoms with E-state index in [1.54, 1.807) is 6.07 Å². The molecular formula is C21H25NO4. The zero-order valence-electron chi connectivity index (χ0n) is 14.9. The Kier molecular flexibility index (Phi) is 2.86. The second kappa shape index (κ2) is 4.82. The lowest BCUT2D eigenvalue weighted by molar-refractivity contribution is -0.190. The third-order valence-electron chi connectivity index (χ3n) is 8.09. The van der Waals surface area contributed by atoms with E-state index in [2.05, 4.69) is 4.90 Å². The van der Waals surface area contributed by atoms with E-state index < -0.39 is 17.1 Å². The average Bonchev–Trinajstić information content (AvgIpc) is 2.93. The summed E-state index contributed by atoms with van der Waals surface area (Å²) < 4.78 is 6.06. The van der Waals surface area contributed by atoms with Crippen molar-refractivity contribution in [2.45, 2.75) is 68.1 Å². The number of ether oxygens (including phenoxy) is 1. The summed E-state index contributed by atoms with van der Waals surface area (Å²) in [7, 11) is 0. The fraction of sp³-hybridized carbons (Fsp3) is 0.667. The summed E-state index contributed by atoms with van der Waals surface area (Å²) in [4.78, 5) is 15.3. The predicted octanol–water partition coefficient (Wildman–Crippen LogP) is 1.92. The second-order valence-corrected chi connectivity index (χ2v) is 9.07. The number of nitrogens with zero attached hydrogens (tertiary/aromatic N) is 1. The van der Waals surface area contributed by atoms with Gasteiger partial charge in [0.25, 0.3) is 0 Å². The van der Waals surface area contributed by atoms with E-state index >= 15 is 0 Å². The minimum absolute atomic E-state index is 0.0408. The maximum absolute atomic E-state index is 12.8. The van der Waals surface area contributed by atoms with Crippen LogP contribution in [0.1, 0.15) is 49.7 Å². The van der Waals surface area contributed by atoms with Gasteiger partial charge in [0, 0.05) is 24.6 Å². The Balaban J connectivity index is 1.53. The van der Waals surface area contributed by atoms with Crippen LogP contribution >= 0.6 is 0 Å². The van der Waals surface area contributed by atoms with E-state index in [-0.39, 0.29) is 17.6 Å². The number of carbonyl (C=O) groups excluding carboxylic acids is 1. The lowest BCUT2D eigenvalue weighted by Crippen LogP contribution is -2.76. The molecule has 2 heterocycles. The highest BCUT2D eigenvalue weighted by Gasteiger charge is 2.73. The minimum atomic E-state index is -0.945. The van der Waals surface area contributed by atoms with Crippen LogP contribution in [0.25, 0.3) is 0 Å². The SMILES string of the molecule is O=C1CC[C@]2(O)[C@@H]3Cc4ccc(O)c5c4[C@]2(CCN3CC2CCC2)[C@@H]1O5. The molecule has 138 valence electrons. The maximum atomic E-state index is 12.8. The Morgan fingerprint density at radius 1 is 1.27 bits per heavy atom. The molecule has 5 aliphatic rings. The zero-order chi connectivity index (χ0) is 17.7. The van der Waals surface area contributed by atoms with Gasteiger partial charge in [0.15, 0.2) is 23.4 Å². The molecule has 5 nitrogen and oxygen atoms in total. The van der Waals surface area contributed by atoms with E-state index in [1.807, 2.05) is 6.07 Å². The molecule has 5 heteroatoms. The third-order valence-corrected chi connectivity index (χ3v) is 8.09. The smallest absolute Gasteiger partial charge is 0.174 e. The first kappa shape index (κ1) is 15.5. The monoisotopic (exact) mass is 355 g/mol. The highest BCUT2D eigenvalue weighted by molar-refractivity contribution is 5.90. The van der Waals surface area contributed by atoms with Gasteiger partial charge in [-0.2, -0.15) is 0 Å². The highest BCUT2D eigenvalue weighted by atomic mass is 16.5. The van der Waals surface area contributed by atoms with Crippen LogP contribution in [-0.2, 0) is 16.6 Å². The summed E-state index contributed by atoms with van der Waals surface area (Å²) in [5.41, 5.74) is 0.449. The van der Waals surface area contributed by atoms with E-state index in [9.17, 15) is 15.0 Å². The number of Topliss-reactive ketones (excluding diaryl/α,β-unsaturated/α-hetero) is 1. The summed E-state index contributed by atoms with van der Waals surface area (Å²) in [5, 5.41) is 22.4. The molecule has 26 heavy (non-hydrogen) atoms. The number of hydrogen-bond donors (Lipinski definition) is 2. The first-order valence-corrected chi connectivity index (χ1v) is 10.1. The van der Waals surface area contributed by atoms with Gasteiger partial charge in [0.1, 0.15) is 0 Å². The van der Waals surface area contributed by atoms with Crippen molar-refractivity contribution < 1.29 is 19.7 Å². The topological polar surface area (TPSA) is 70.0 Å². The maximum Gasteiger partial charge on any atom is 0.174 e. The molecule has 2 N–H and O–H groups in total. The first-order chi connectivity index (χ1) is 12.5. The summed E-state index contributed by atoms with van der Waals surface area (Å²) in [6.45, 7) is 1.95. The Bertz CT molecular complexity index is 818. The van der Waals surface area contributed by atoms with Crippen molar-refractivity contribution in [3.05, 3.63) is 23.3 Å². The van der Waals surface area contributed by atoms with Crippen molar-refractivity contribution in [1.82, 2.24) is 4.90 Å². The number of carbonyl (C=O) groups is 1. The molecule has 1 saturated heterocycles. The van der Waals surface area contributed by atoms with Crippen LogP contribution in [0, 0.1) is 5.92 Å². The van der Waals surface area contributed by atoms with Gasteiger partial charge in [0.2, 0.25) is 0 Å². The fourth-order valence-electron chi connectivity index (χ4n) is 6.64. The molecule has 0 radical (unpaired) electrons. The Hall–Kier alpha value is -1.59. The van der Waals surface area contributed by atoms with E-state index in [1.165, 1.54) is 19.3 Å². The van der Waals surface area contributed by atoms with Crippen molar-refractivity contribution in [2.24, 2.45) is 5.92 Å². The van der Waals surface area contributed by atoms with Crippen molar-refractivity contribution in [1.29, 1.82) is 0 Å². The number of benzene rings is 1. The van der Waals surface area contributed by atoms with Crippen molar-refractivity contribution in [3.63, 3.8) is 0 Å². The number of ketones is 1. The fourth-order valence-corrected chi connectivity index (χ4v) is 6.64. The lowest BCUT2D eigenvalue weighted by Gasteiger charge is -2.63. The predicted molar refractivity (Wildman–Crippen MR) is 94.4 cm³/mol. The standard InChI is InChI=1S/C21H25NO4/c23-14-5-4-13-10-16-21(25)7-6-15(24)19-20(21,17(13)18(14)26-19)8-9-22(16)11-12-2-1-3-12/h4-5,12,16,19,23,25H,1-3,6-11H2/t16-,19+,20+,21-/m0/s1. The molecular weight excluding hydrogens is 330 g/mol. The number of rotatable bonds is 2. The average molecular weight is 355 g/mol. The third kappa shape index (κ3) is 1.59. The van der Waals surface area contributed by atoms with Gasteiger partial charge in [-0.3, -0.25) is 9.69 Å². The molecule has 3 fully saturated rings. The highest BCUT2D eigenvalue weighted by Crippen LogP contribution is 2.64. The van der Waals surface area contributed by atoms with E-state index in [4.69, 9.17) is 4.74 Å². The summed E-state index contributed by atoms with van der Waals surface area (Å²) in [6.07, 6.45) is 5.65. The van der Waals surface area contributed by atoms with Gasteiger partial charge in [-0.15, -0.1) is 0 Å². The van der Waals surface area contributed by atoms with Gasteiger partial charge in [-0.1, -0.05) is 12.5 Å². The van der Waals surface area contributed by atoms with Gasteiger partial charge >= 0.3 is 0 Å². The van der Waals surface area contributed by atoms with E-state index in [0.29, 0.717) is 18.6 Å². The van der Waals surface area contributed by atoms with Gasteiger partial charge in [-0.25, -0.2) is 0 Å². The molecule has 3 aliphatic carbocycles. The van der Waals surface area contributed by atoms with Crippen molar-refractivity contribution in [2.75, 3.05) is 13.1 Å². The number of likely N-dealkylation sites (tertiary alicyclic amines) is 1. The molecule has 1 spiro atoms. The molecule has 0 amide bonds. The number of phenols is 1. The van der Waals surface area contributed by atoms with Crippen LogP contribution in [0.15, 0.2) is 12.1 Å². The zero-order valence-corrected chi connectivity index (χ0v) is 14.9. The summed E-state index contributed by atoms with van der Waals surface area (Å²) in [5.74, 6) is 1.37. The Labute approximate surface area is 152 Å². The van der Waals surface area contributed by atoms with Crippen LogP contribution in [0.5, 0.6) is 11.5 Å². The van der Waals surface area contributed by atoms with Gasteiger partial charge < -0.3 is 14.9 Å². The Morgan fingerprint density at radius 3 is 2.88 bits per heavy atom. The Morgan fingerprint density at radius 2 is 2.12 bits per heavy atom. The molecule has 6 rings (SSSR count). The molecule has 1 aromatic rings. The lowest BCUT2D eigenvalue weighted by atomic mass is 9.49. The summed E-state index contributed by atoms with van der Waals surface area (Å²) in [6, 6.07) is 3.70. The van der Waals surface area contributed by atoms with Gasteiger partial charge in [-0.05, 0) is 56.2 Å². The van der Waals surface area contributed by atoms with Crippen LogP contribution in [0.3, 0.4) is 0 Å². The molecule has 0 aromatic heterocycles. The largest absolute Gasteiger partial charge is 0.504 e. The number of aromatic hydroxyl groups is 1. The number of hydrogen-bond acceptors (Lipinski definition) is 5. The minimum Gasteiger partial charge on any atom is -0.504 e. The first-order valence-electron chi connectivity index (χ1n) is 10.1. The van der Waals surface area contributed by atoms with Crippen LogP contribution in [0.4, 0.5) is 0 Å². The molecule has 0 unspecified atom stereocenters. The molecule has 2 saturated carbocycles. The normalized spacial score (nSPS) is 40.7. The van der Waals surface area contributed by atoms with E-state index in [0.717, 1.165) is 43.0 Å². The van der Waals surface area contributed by atoms with Crippen LogP contribution in [0.2, 0.25) is 0 Å². The number of aliphatic hydroxyl groups is 1. The number of piperidine rings is 1. The van der Waals surface area contributed by atoms with Crippen LogP contribution < -0.4 is 4.74 Å². The van der Waals surface area contributed by atoms with Crippen LogP contribution in [-0.4, -0.2) is 51.7 Å². The van der Waals surface area contributed by atoms with Crippen molar-refractivity contribution >= 4 is 5.78 Å². The number of phenolic OH excluding ortho intramolecular Hbond substituents is 1. The second-order valence-electron chi connectivity index (χ2n) is 9.07. The molecule has 2 bridgehead atoms. The molecule has 2 aliphatic heterocycles. The van der Waals surface area contributed by atoms with Crippen molar-refractivity contribution in [3.8, 4) is 11.5 Å². The van der Waals surface area contributed by atoms with Gasteiger partial charge in [0.05, 0.1) is 11.0 Å². The molecule has 1 aromatic carbocycles. The summed E-state index contributed by atoms with van der Waals surface area (Å²) >= 11 is 0. The molecule has 4 atom stereocenters.